The predicted octanol–water partition coefficient (Wildman–Crippen LogP) is 3.80. The zero-order valence-electron chi connectivity index (χ0n) is 9.57. The monoisotopic (exact) mass is 215 g/mol. The third-order valence-electron chi connectivity index (χ3n) is 2.53. The lowest BCUT2D eigenvalue weighted by atomic mass is 10.1. The molecule has 82 valence electrons. The van der Waals surface area contributed by atoms with Crippen LogP contribution in [0.15, 0.2) is 46.9 Å². The Kier molecular flexibility index (Phi) is 3.20. The van der Waals surface area contributed by atoms with Gasteiger partial charge >= 0.3 is 5.95 Å². The van der Waals surface area contributed by atoms with E-state index in [1.165, 1.54) is 5.56 Å². The van der Waals surface area contributed by atoms with Gasteiger partial charge in [0.2, 0.25) is 0 Å². The standard InChI is InChI=1S/C14H15O2/c1-3-11-9-10-13(15-2)16-14(11)12-7-5-4-6-8-12/h4-10H,3H2,1-2H3/q+1. The Morgan fingerprint density at radius 1 is 1.06 bits per heavy atom. The molecule has 2 aromatic rings. The number of hydrogen-bond donors (Lipinski definition) is 0. The molecule has 0 atom stereocenters. The minimum atomic E-state index is 0.538. The van der Waals surface area contributed by atoms with Crippen LogP contribution in [-0.4, -0.2) is 7.11 Å². The van der Waals surface area contributed by atoms with Crippen LogP contribution >= 0.6 is 0 Å². The molecule has 2 nitrogen and oxygen atoms in total. The van der Waals surface area contributed by atoms with Crippen LogP contribution in [0.3, 0.4) is 0 Å². The van der Waals surface area contributed by atoms with E-state index in [1.807, 2.05) is 42.5 Å². The lowest BCUT2D eigenvalue weighted by Gasteiger charge is -2.01. The average Bonchev–Trinajstić information content (AvgIpc) is 2.39. The number of hydrogen-bond acceptors (Lipinski definition) is 1. The van der Waals surface area contributed by atoms with Crippen LogP contribution < -0.4 is 4.74 Å². The van der Waals surface area contributed by atoms with Crippen molar-refractivity contribution in [3.8, 4) is 17.3 Å². The lowest BCUT2D eigenvalue weighted by molar-refractivity contribution is 0.300. The summed E-state index contributed by atoms with van der Waals surface area (Å²) in [4.78, 5) is 0. The Morgan fingerprint density at radius 2 is 1.81 bits per heavy atom. The summed E-state index contributed by atoms with van der Waals surface area (Å²) in [6.45, 7) is 2.11. The molecule has 0 spiro atoms. The highest BCUT2D eigenvalue weighted by Gasteiger charge is 2.16. The first-order chi connectivity index (χ1) is 7.85. The van der Waals surface area contributed by atoms with E-state index in [2.05, 4.69) is 6.92 Å². The van der Waals surface area contributed by atoms with Crippen LogP contribution in [0.25, 0.3) is 11.3 Å². The first-order valence-electron chi connectivity index (χ1n) is 5.40. The third-order valence-corrected chi connectivity index (χ3v) is 2.53. The van der Waals surface area contributed by atoms with Crippen molar-refractivity contribution >= 4 is 0 Å². The molecule has 0 bridgehead atoms. The zero-order valence-corrected chi connectivity index (χ0v) is 9.57. The molecule has 0 saturated heterocycles. The summed E-state index contributed by atoms with van der Waals surface area (Å²) in [7, 11) is 1.61. The SMILES string of the molecule is CCc1ccc(OC)[o+]c1-c1ccccc1. The van der Waals surface area contributed by atoms with E-state index in [0.717, 1.165) is 17.7 Å². The molecular formula is C14H15O2+. The van der Waals surface area contributed by atoms with Crippen molar-refractivity contribution in [2.45, 2.75) is 13.3 Å². The molecule has 0 aliphatic heterocycles. The van der Waals surface area contributed by atoms with Gasteiger partial charge in [-0.05, 0) is 24.6 Å². The molecule has 0 unspecified atom stereocenters. The van der Waals surface area contributed by atoms with E-state index in [1.54, 1.807) is 7.11 Å². The molecule has 1 heterocycles. The third kappa shape index (κ3) is 2.06. The zero-order chi connectivity index (χ0) is 11.4. The fraction of sp³-hybridized carbons (Fsp3) is 0.214. The molecule has 0 aliphatic carbocycles. The maximum Gasteiger partial charge on any atom is 0.518 e. The van der Waals surface area contributed by atoms with Crippen molar-refractivity contribution in [1.82, 2.24) is 0 Å². The highest BCUT2D eigenvalue weighted by molar-refractivity contribution is 5.61. The summed E-state index contributed by atoms with van der Waals surface area (Å²) in [5.41, 5.74) is 2.27. The first-order valence-corrected chi connectivity index (χ1v) is 5.40. The van der Waals surface area contributed by atoms with Crippen molar-refractivity contribution < 1.29 is 9.15 Å². The lowest BCUT2D eigenvalue weighted by Crippen LogP contribution is -1.90. The summed E-state index contributed by atoms with van der Waals surface area (Å²) in [6, 6.07) is 14.0. The molecule has 0 aliphatic rings. The van der Waals surface area contributed by atoms with Crippen molar-refractivity contribution in [2.24, 2.45) is 0 Å². The van der Waals surface area contributed by atoms with Gasteiger partial charge in [0.05, 0.1) is 6.07 Å². The van der Waals surface area contributed by atoms with Gasteiger partial charge < -0.3 is 4.74 Å². The Balaban J connectivity index is 2.53. The van der Waals surface area contributed by atoms with Gasteiger partial charge in [-0.2, -0.15) is 0 Å². The van der Waals surface area contributed by atoms with E-state index in [4.69, 9.17) is 9.15 Å². The Bertz CT molecular complexity index is 463. The topological polar surface area (TPSA) is 20.5 Å². The summed E-state index contributed by atoms with van der Waals surface area (Å²) >= 11 is 0. The number of methoxy groups -OCH3 is 1. The van der Waals surface area contributed by atoms with E-state index in [-0.39, 0.29) is 0 Å². The number of aryl methyl sites for hydroxylation is 1. The second-order valence-electron chi connectivity index (χ2n) is 3.53. The van der Waals surface area contributed by atoms with Gasteiger partial charge in [-0.15, -0.1) is 0 Å². The van der Waals surface area contributed by atoms with Crippen LogP contribution in [0.5, 0.6) is 5.95 Å². The summed E-state index contributed by atoms with van der Waals surface area (Å²) in [6.07, 6.45) is 0.942. The average molecular weight is 215 g/mol. The predicted molar refractivity (Wildman–Crippen MR) is 64.5 cm³/mol. The highest BCUT2D eigenvalue weighted by atomic mass is 16.6. The fourth-order valence-corrected chi connectivity index (χ4v) is 1.67. The maximum atomic E-state index is 5.71. The number of ether oxygens (including phenoxy) is 1. The Hall–Kier alpha value is -1.83. The molecule has 1 aromatic carbocycles. The molecular weight excluding hydrogens is 200 g/mol. The molecule has 0 radical (unpaired) electrons. The quantitative estimate of drug-likeness (QED) is 0.726. The van der Waals surface area contributed by atoms with Gasteiger partial charge in [-0.3, -0.25) is 4.42 Å². The van der Waals surface area contributed by atoms with Crippen molar-refractivity contribution in [2.75, 3.05) is 7.11 Å². The van der Waals surface area contributed by atoms with Gasteiger partial charge in [0, 0.05) is 11.1 Å². The summed E-state index contributed by atoms with van der Waals surface area (Å²) in [5, 5.41) is 0. The molecule has 0 saturated carbocycles. The normalized spacial score (nSPS) is 10.1. The number of rotatable bonds is 3. The van der Waals surface area contributed by atoms with Crippen molar-refractivity contribution in [3.05, 3.63) is 48.0 Å². The van der Waals surface area contributed by atoms with Crippen LogP contribution in [0, 0.1) is 0 Å². The molecule has 0 fully saturated rings. The van der Waals surface area contributed by atoms with Crippen LogP contribution in [0.1, 0.15) is 12.5 Å². The number of benzene rings is 1. The van der Waals surface area contributed by atoms with Gasteiger partial charge in [0.25, 0.3) is 5.76 Å². The second-order valence-corrected chi connectivity index (χ2v) is 3.53. The largest absolute Gasteiger partial charge is 0.518 e. The molecule has 1 aromatic heterocycles. The molecule has 0 N–H and O–H groups in total. The van der Waals surface area contributed by atoms with E-state index >= 15 is 0 Å². The van der Waals surface area contributed by atoms with Crippen LogP contribution in [-0.2, 0) is 6.42 Å². The molecule has 0 amide bonds. The van der Waals surface area contributed by atoms with Gasteiger partial charge in [-0.1, -0.05) is 25.1 Å². The molecule has 2 rings (SSSR count). The van der Waals surface area contributed by atoms with Crippen LogP contribution in [0.4, 0.5) is 0 Å². The van der Waals surface area contributed by atoms with Crippen molar-refractivity contribution in [3.63, 3.8) is 0 Å². The van der Waals surface area contributed by atoms with E-state index in [0.29, 0.717) is 5.95 Å². The summed E-state index contributed by atoms with van der Waals surface area (Å²) in [5.74, 6) is 1.43. The summed E-state index contributed by atoms with van der Waals surface area (Å²) < 4.78 is 10.8. The van der Waals surface area contributed by atoms with Crippen molar-refractivity contribution in [1.29, 1.82) is 0 Å². The maximum absolute atomic E-state index is 5.71. The highest BCUT2D eigenvalue weighted by Crippen LogP contribution is 2.28. The minimum absolute atomic E-state index is 0.538. The van der Waals surface area contributed by atoms with Gasteiger partial charge in [0.15, 0.2) is 7.11 Å². The molecule has 16 heavy (non-hydrogen) atoms. The van der Waals surface area contributed by atoms with Gasteiger partial charge in [-0.25, -0.2) is 0 Å². The van der Waals surface area contributed by atoms with Gasteiger partial charge in [0.1, 0.15) is 0 Å². The smallest absolute Gasteiger partial charge is 0.321 e. The second kappa shape index (κ2) is 4.79. The fourth-order valence-electron chi connectivity index (χ4n) is 1.67. The first kappa shape index (κ1) is 10.7. The molecule has 2 heteroatoms. The minimum Gasteiger partial charge on any atom is -0.321 e. The Labute approximate surface area is 95.5 Å². The Morgan fingerprint density at radius 3 is 2.44 bits per heavy atom. The van der Waals surface area contributed by atoms with E-state index in [9.17, 15) is 0 Å². The van der Waals surface area contributed by atoms with Crippen LogP contribution in [0.2, 0.25) is 0 Å². The van der Waals surface area contributed by atoms with E-state index < -0.39 is 0 Å².